The molecule has 1 rings (SSSR count). The fourth-order valence-corrected chi connectivity index (χ4v) is 6.83. The number of aliphatic imine (C=N–C) groups is 1. The molecule has 63 heavy (non-hydrogen) atoms. The lowest BCUT2D eigenvalue weighted by Gasteiger charge is -2.31. The Kier molecular flexibility index (Phi) is 26.1. The summed E-state index contributed by atoms with van der Waals surface area (Å²) in [4.78, 5) is 111. The number of primary amides is 1. The molecule has 7 amide bonds. The van der Waals surface area contributed by atoms with Crippen molar-refractivity contribution in [1.29, 1.82) is 0 Å². The van der Waals surface area contributed by atoms with Gasteiger partial charge in [-0.15, -0.1) is 0 Å². The van der Waals surface area contributed by atoms with Gasteiger partial charge in [0, 0.05) is 6.54 Å². The summed E-state index contributed by atoms with van der Waals surface area (Å²) in [5.41, 5.74) is 16.0. The van der Waals surface area contributed by atoms with E-state index < -0.39 is 120 Å². The topological polar surface area (TPSA) is 349 Å². The second-order valence-electron chi connectivity index (χ2n) is 17.0. The van der Waals surface area contributed by atoms with Crippen LogP contribution in [0.5, 0.6) is 0 Å². The van der Waals surface area contributed by atoms with Crippen molar-refractivity contribution in [2.75, 3.05) is 6.54 Å². The first-order valence-electron chi connectivity index (χ1n) is 22.3. The number of hydrogen-bond acceptors (Lipinski definition) is 12. The Hall–Kier alpha value is -5.05. The molecule has 1 heterocycles. The van der Waals surface area contributed by atoms with Crippen LogP contribution in [0.2, 0.25) is 0 Å². The van der Waals surface area contributed by atoms with Crippen molar-refractivity contribution in [2.45, 2.75) is 193 Å². The molecule has 1 aliphatic rings. The number of nitrogens with zero attached hydrogens (tertiary/aromatic N) is 1. The Morgan fingerprint density at radius 3 is 1.73 bits per heavy atom. The van der Waals surface area contributed by atoms with Crippen molar-refractivity contribution in [1.82, 2.24) is 31.9 Å². The number of carbonyl (C=O) groups is 8. The van der Waals surface area contributed by atoms with Gasteiger partial charge in [-0.2, -0.15) is 0 Å². The van der Waals surface area contributed by atoms with E-state index in [9.17, 15) is 48.6 Å². The third-order valence-corrected chi connectivity index (χ3v) is 10.9. The highest BCUT2D eigenvalue weighted by atomic mass is 16.5. The van der Waals surface area contributed by atoms with Gasteiger partial charge < -0.3 is 64.1 Å². The highest BCUT2D eigenvalue weighted by Crippen LogP contribution is 2.15. The quantitative estimate of drug-likeness (QED) is 0.0273. The number of aliphatic hydroxyl groups excluding tert-OH is 2. The van der Waals surface area contributed by atoms with Crippen LogP contribution < -0.4 is 49.1 Å². The molecule has 0 radical (unpaired) electrons. The third-order valence-electron chi connectivity index (χ3n) is 10.9. The zero-order valence-corrected chi connectivity index (χ0v) is 38.2. The molecule has 1 aliphatic heterocycles. The normalized spacial score (nSPS) is 24.7. The predicted molar refractivity (Wildman–Crippen MR) is 235 cm³/mol. The molecule has 1 saturated heterocycles. The summed E-state index contributed by atoms with van der Waals surface area (Å²) in [5.74, 6) is -8.52. The molecule has 10 atom stereocenters. The monoisotopic (exact) mass is 897 g/mol. The Morgan fingerprint density at radius 1 is 0.698 bits per heavy atom. The van der Waals surface area contributed by atoms with E-state index in [1.807, 2.05) is 0 Å². The van der Waals surface area contributed by atoms with E-state index in [0.29, 0.717) is 25.8 Å². The predicted octanol–water partition coefficient (Wildman–Crippen LogP) is -0.866. The highest BCUT2D eigenvalue weighted by molar-refractivity contribution is 5.98. The van der Waals surface area contributed by atoms with Crippen LogP contribution in [0.15, 0.2) is 4.99 Å². The first-order chi connectivity index (χ1) is 29.6. The number of hydrogen-bond donors (Lipinski definition) is 11. The molecule has 0 saturated carbocycles. The van der Waals surface area contributed by atoms with Gasteiger partial charge in [0.05, 0.1) is 25.0 Å². The van der Waals surface area contributed by atoms with Gasteiger partial charge in [-0.25, -0.2) is 4.79 Å². The Bertz CT molecular complexity index is 1540. The summed E-state index contributed by atoms with van der Waals surface area (Å²) in [7, 11) is 0. The van der Waals surface area contributed by atoms with E-state index in [1.54, 1.807) is 27.7 Å². The molecule has 1 fully saturated rings. The summed E-state index contributed by atoms with van der Waals surface area (Å²) in [5, 5.41) is 36.0. The minimum atomic E-state index is -1.68. The second kappa shape index (κ2) is 29.3. The van der Waals surface area contributed by atoms with Crippen molar-refractivity contribution in [3.05, 3.63) is 0 Å². The fraction of sp³-hybridized carbons (Fsp3) is 0.786. The number of cyclic esters (lactones) is 1. The van der Waals surface area contributed by atoms with E-state index in [-0.39, 0.29) is 12.4 Å². The van der Waals surface area contributed by atoms with Crippen LogP contribution in [0.1, 0.15) is 138 Å². The van der Waals surface area contributed by atoms with Gasteiger partial charge >= 0.3 is 5.97 Å². The molecule has 21 nitrogen and oxygen atoms in total. The SMILES string of the molecule is CC[C@H](C)[C@H]1NC(=O)[C@@H](NC(=O)CC(O)CCCCCCCCCCCCN=C(N)N)[C@@H](C)OC(=O)[C@@H](C)NC(=O)[C@@H](CC(N)=O)NC(=O)[C@@H]([C@@H](C)O)NC(=O)[C@H](C(C)C)NC1=O. The van der Waals surface area contributed by atoms with Crippen LogP contribution in [-0.2, 0) is 43.1 Å². The van der Waals surface area contributed by atoms with Crippen LogP contribution in [0.25, 0.3) is 0 Å². The van der Waals surface area contributed by atoms with Crippen LogP contribution in [0.3, 0.4) is 0 Å². The number of nitrogens with one attached hydrogen (secondary N) is 6. The summed E-state index contributed by atoms with van der Waals surface area (Å²) in [6, 6.07) is -8.97. The molecule has 1 unspecified atom stereocenters. The maximum atomic E-state index is 14.1. The van der Waals surface area contributed by atoms with Crippen LogP contribution in [0.4, 0.5) is 0 Å². The molecule has 0 spiro atoms. The lowest BCUT2D eigenvalue weighted by Crippen LogP contribution is -2.63. The van der Waals surface area contributed by atoms with Gasteiger partial charge in [0.15, 0.2) is 5.96 Å². The second-order valence-corrected chi connectivity index (χ2v) is 17.0. The molecule has 0 bridgehead atoms. The molecule has 360 valence electrons. The zero-order valence-electron chi connectivity index (χ0n) is 38.2. The smallest absolute Gasteiger partial charge is 0.328 e. The van der Waals surface area contributed by atoms with E-state index in [0.717, 1.165) is 57.8 Å². The van der Waals surface area contributed by atoms with Gasteiger partial charge in [0.1, 0.15) is 42.4 Å². The van der Waals surface area contributed by atoms with Gasteiger partial charge in [-0.3, -0.25) is 38.6 Å². The maximum absolute atomic E-state index is 14.1. The number of carbonyl (C=O) groups excluding carboxylic acids is 8. The van der Waals surface area contributed by atoms with E-state index >= 15 is 0 Å². The number of nitrogens with two attached hydrogens (primary N) is 3. The average Bonchev–Trinajstić information content (AvgIpc) is 3.19. The lowest BCUT2D eigenvalue weighted by atomic mass is 9.95. The Balaban J connectivity index is 3.24. The summed E-state index contributed by atoms with van der Waals surface area (Å²) in [6.07, 6.45) is 5.69. The lowest BCUT2D eigenvalue weighted by molar-refractivity contribution is -0.155. The summed E-state index contributed by atoms with van der Waals surface area (Å²) >= 11 is 0. The molecular formula is C42H76N10O11. The standard InChI is InChI=1S/C42H76N10O11/c1-8-24(4)33-38(59)50-32(23(2)3)37(58)52-34(26(6)53)39(60)48-29(22-30(43)55)36(57)47-25(5)41(62)63-27(7)35(40(61)51-33)49-31(56)21-28(54)19-17-15-13-11-9-10-12-14-16-18-20-46-42(44)45/h23-29,32-35,53-54H,8-22H2,1-7H3,(H2,43,55)(H,47,57)(H,48,60)(H,49,56)(H,50,59)(H,51,61)(H,52,58)(H4,44,45,46)/t24-,25+,26+,27+,28?,29+,32-,33+,34+,35-/m0/s1. The van der Waals surface area contributed by atoms with Crippen molar-refractivity contribution in [2.24, 2.45) is 34.0 Å². The van der Waals surface area contributed by atoms with Crippen LogP contribution >= 0.6 is 0 Å². The van der Waals surface area contributed by atoms with Gasteiger partial charge in [0.2, 0.25) is 41.4 Å². The van der Waals surface area contributed by atoms with Gasteiger partial charge in [-0.1, -0.05) is 91.9 Å². The first-order valence-corrected chi connectivity index (χ1v) is 22.3. The van der Waals surface area contributed by atoms with E-state index in [1.165, 1.54) is 20.8 Å². The largest absolute Gasteiger partial charge is 0.458 e. The van der Waals surface area contributed by atoms with Crippen LogP contribution in [-0.4, -0.2) is 125 Å². The number of ether oxygens (including phenoxy) is 1. The van der Waals surface area contributed by atoms with Crippen molar-refractivity contribution in [3.63, 3.8) is 0 Å². The molecule has 0 aromatic carbocycles. The van der Waals surface area contributed by atoms with Crippen molar-refractivity contribution < 1.29 is 53.3 Å². The molecule has 21 heteroatoms. The minimum absolute atomic E-state index is 0.112. The Morgan fingerprint density at radius 2 is 1.21 bits per heavy atom. The minimum Gasteiger partial charge on any atom is -0.458 e. The number of guanidine groups is 1. The maximum Gasteiger partial charge on any atom is 0.328 e. The fourth-order valence-electron chi connectivity index (χ4n) is 6.83. The van der Waals surface area contributed by atoms with E-state index in [4.69, 9.17) is 21.9 Å². The molecule has 0 aromatic heterocycles. The summed E-state index contributed by atoms with van der Waals surface area (Å²) in [6.45, 7) is 11.1. The van der Waals surface area contributed by atoms with Gasteiger partial charge in [0.25, 0.3) is 0 Å². The number of esters is 1. The van der Waals surface area contributed by atoms with Crippen molar-refractivity contribution >= 4 is 53.3 Å². The zero-order chi connectivity index (χ0) is 47.8. The van der Waals surface area contributed by atoms with E-state index in [2.05, 4.69) is 36.9 Å². The molecule has 14 N–H and O–H groups in total. The summed E-state index contributed by atoms with van der Waals surface area (Å²) < 4.78 is 5.55. The Labute approximate surface area is 371 Å². The number of aliphatic hydroxyl groups is 2. The number of rotatable bonds is 22. The number of amides is 7. The van der Waals surface area contributed by atoms with Crippen LogP contribution in [0, 0.1) is 11.8 Å². The first kappa shape index (κ1) is 56.0. The molecular weight excluding hydrogens is 821 g/mol. The van der Waals surface area contributed by atoms with Gasteiger partial charge in [-0.05, 0) is 45.4 Å². The number of unbranched alkanes of at least 4 members (excludes halogenated alkanes) is 9. The molecule has 0 aliphatic carbocycles. The average molecular weight is 897 g/mol. The van der Waals surface area contributed by atoms with Crippen molar-refractivity contribution in [3.8, 4) is 0 Å². The third kappa shape index (κ3) is 21.7. The molecule has 0 aromatic rings. The highest BCUT2D eigenvalue weighted by Gasteiger charge is 2.39.